The second-order valence-electron chi connectivity index (χ2n) is 5.63. The third kappa shape index (κ3) is 3.71. The van der Waals surface area contributed by atoms with Crippen LogP contribution in [0.1, 0.15) is 22.8 Å². The highest BCUT2D eigenvalue weighted by atomic mass is 16.2. The monoisotopic (exact) mass is 319 g/mol. The van der Waals surface area contributed by atoms with Gasteiger partial charge in [-0.15, -0.1) is 0 Å². The quantitative estimate of drug-likeness (QED) is 0.696. The van der Waals surface area contributed by atoms with E-state index in [0.29, 0.717) is 18.7 Å². The third-order valence-electron chi connectivity index (χ3n) is 4.03. The molecule has 0 N–H and O–H groups in total. The Morgan fingerprint density at radius 3 is 2.38 bits per heavy atom. The lowest BCUT2D eigenvalue weighted by Crippen LogP contribution is -2.32. The van der Waals surface area contributed by atoms with Crippen molar-refractivity contribution in [3.63, 3.8) is 0 Å². The van der Waals surface area contributed by atoms with Gasteiger partial charge in [-0.05, 0) is 31.0 Å². The number of carbonyl (C=O) groups excluding carboxylic acids is 1. The smallest absolute Gasteiger partial charge is 0.257 e. The number of rotatable bonds is 6. The van der Waals surface area contributed by atoms with Crippen molar-refractivity contribution in [2.75, 3.05) is 13.1 Å². The molecule has 4 nitrogen and oxygen atoms in total. The number of carbonyl (C=O) groups is 1. The molecule has 1 heterocycles. The number of likely N-dealkylation sites (N-methyl/N-ethyl adjacent to an activating group) is 1. The molecule has 1 aromatic heterocycles. The first-order chi connectivity index (χ1) is 11.8. The maximum Gasteiger partial charge on any atom is 0.257 e. The van der Waals surface area contributed by atoms with Gasteiger partial charge < -0.3 is 4.90 Å². The molecule has 0 saturated heterocycles. The highest BCUT2D eigenvalue weighted by Gasteiger charge is 2.16. The molecule has 0 bridgehead atoms. The highest BCUT2D eigenvalue weighted by Crippen LogP contribution is 2.11. The van der Waals surface area contributed by atoms with Crippen LogP contribution in [0.3, 0.4) is 0 Å². The summed E-state index contributed by atoms with van der Waals surface area (Å²) >= 11 is 0. The van der Waals surface area contributed by atoms with E-state index in [1.165, 1.54) is 5.56 Å². The Morgan fingerprint density at radius 1 is 1.04 bits per heavy atom. The summed E-state index contributed by atoms with van der Waals surface area (Å²) in [6.45, 7) is 3.39. The minimum absolute atomic E-state index is 0.0237. The Balaban J connectivity index is 1.69. The number of para-hydroxylation sites is 1. The van der Waals surface area contributed by atoms with E-state index in [4.69, 9.17) is 0 Å². The Kier molecular flexibility index (Phi) is 5.06. The lowest BCUT2D eigenvalue weighted by Gasteiger charge is -2.20. The first-order valence-electron chi connectivity index (χ1n) is 8.21. The van der Waals surface area contributed by atoms with Crippen molar-refractivity contribution in [3.8, 4) is 5.69 Å². The van der Waals surface area contributed by atoms with E-state index in [9.17, 15) is 4.79 Å². The predicted molar refractivity (Wildman–Crippen MR) is 95.3 cm³/mol. The van der Waals surface area contributed by atoms with Crippen LogP contribution in [0.15, 0.2) is 73.1 Å². The molecule has 0 atom stereocenters. The Bertz CT molecular complexity index is 781. The van der Waals surface area contributed by atoms with Gasteiger partial charge in [-0.25, -0.2) is 4.68 Å². The summed E-state index contributed by atoms with van der Waals surface area (Å²) < 4.78 is 1.73. The molecular weight excluding hydrogens is 298 g/mol. The second kappa shape index (κ2) is 7.59. The summed E-state index contributed by atoms with van der Waals surface area (Å²) in [4.78, 5) is 14.6. The number of benzene rings is 2. The molecule has 0 aliphatic heterocycles. The average Bonchev–Trinajstić information content (AvgIpc) is 3.14. The van der Waals surface area contributed by atoms with Gasteiger partial charge in [0.15, 0.2) is 0 Å². The van der Waals surface area contributed by atoms with E-state index in [2.05, 4.69) is 17.2 Å². The largest absolute Gasteiger partial charge is 0.338 e. The van der Waals surface area contributed by atoms with Gasteiger partial charge >= 0.3 is 0 Å². The summed E-state index contributed by atoms with van der Waals surface area (Å²) in [6.07, 6.45) is 4.29. The van der Waals surface area contributed by atoms with Gasteiger partial charge in [0.05, 0.1) is 17.4 Å². The van der Waals surface area contributed by atoms with Gasteiger partial charge in [0.2, 0.25) is 0 Å². The zero-order valence-corrected chi connectivity index (χ0v) is 13.8. The van der Waals surface area contributed by atoms with Gasteiger partial charge in [-0.2, -0.15) is 5.10 Å². The maximum absolute atomic E-state index is 12.7. The molecule has 3 rings (SSSR count). The minimum Gasteiger partial charge on any atom is -0.338 e. The topological polar surface area (TPSA) is 38.1 Å². The van der Waals surface area contributed by atoms with E-state index in [1.54, 1.807) is 17.1 Å². The lowest BCUT2D eigenvalue weighted by atomic mass is 10.1. The lowest BCUT2D eigenvalue weighted by molar-refractivity contribution is 0.0766. The van der Waals surface area contributed by atoms with Crippen LogP contribution in [-0.2, 0) is 6.42 Å². The van der Waals surface area contributed by atoms with Crippen LogP contribution < -0.4 is 0 Å². The molecule has 2 aromatic carbocycles. The van der Waals surface area contributed by atoms with E-state index in [-0.39, 0.29) is 5.91 Å². The van der Waals surface area contributed by atoms with E-state index < -0.39 is 0 Å². The van der Waals surface area contributed by atoms with E-state index >= 15 is 0 Å². The zero-order chi connectivity index (χ0) is 16.8. The van der Waals surface area contributed by atoms with Crippen molar-refractivity contribution in [2.45, 2.75) is 13.3 Å². The van der Waals surface area contributed by atoms with Crippen LogP contribution in [0.2, 0.25) is 0 Å². The van der Waals surface area contributed by atoms with Gasteiger partial charge in [0.25, 0.3) is 5.91 Å². The fraction of sp³-hybridized carbons (Fsp3) is 0.200. The van der Waals surface area contributed by atoms with Crippen molar-refractivity contribution in [2.24, 2.45) is 0 Å². The minimum atomic E-state index is 0.0237. The Morgan fingerprint density at radius 2 is 1.71 bits per heavy atom. The summed E-state index contributed by atoms with van der Waals surface area (Å²) in [6, 6.07) is 20.0. The first kappa shape index (κ1) is 16.0. The molecule has 122 valence electrons. The predicted octanol–water partition coefficient (Wildman–Crippen LogP) is 3.58. The second-order valence-corrected chi connectivity index (χ2v) is 5.63. The molecule has 4 heteroatoms. The van der Waals surface area contributed by atoms with Crippen LogP contribution >= 0.6 is 0 Å². The standard InChI is InChI=1S/C20H21N3O/c1-2-22(14-13-17-9-5-3-6-10-17)20(24)18-15-21-23(16-18)19-11-7-4-8-12-19/h3-12,15-16H,2,13-14H2,1H3. The summed E-state index contributed by atoms with van der Waals surface area (Å²) in [5, 5.41) is 4.31. The molecule has 0 spiro atoms. The van der Waals surface area contributed by atoms with E-state index in [0.717, 1.165) is 12.1 Å². The van der Waals surface area contributed by atoms with Gasteiger partial charge in [0.1, 0.15) is 0 Å². The molecule has 1 amide bonds. The SMILES string of the molecule is CCN(CCc1ccccc1)C(=O)c1cnn(-c2ccccc2)c1. The van der Waals surface area contributed by atoms with E-state index in [1.807, 2.05) is 60.4 Å². The van der Waals surface area contributed by atoms with Crippen molar-refractivity contribution in [3.05, 3.63) is 84.2 Å². The molecule has 0 aliphatic rings. The first-order valence-corrected chi connectivity index (χ1v) is 8.21. The molecule has 0 unspecified atom stereocenters. The molecule has 0 fully saturated rings. The zero-order valence-electron chi connectivity index (χ0n) is 13.8. The van der Waals surface area contributed by atoms with Crippen LogP contribution in [0.5, 0.6) is 0 Å². The molecule has 0 aliphatic carbocycles. The fourth-order valence-electron chi connectivity index (χ4n) is 2.65. The van der Waals surface area contributed by atoms with Crippen molar-refractivity contribution < 1.29 is 4.79 Å². The third-order valence-corrected chi connectivity index (χ3v) is 4.03. The summed E-state index contributed by atoms with van der Waals surface area (Å²) in [5.41, 5.74) is 2.81. The molecule has 0 saturated carbocycles. The Labute approximate surface area is 142 Å². The van der Waals surface area contributed by atoms with Crippen molar-refractivity contribution in [1.82, 2.24) is 14.7 Å². The number of hydrogen-bond donors (Lipinski definition) is 0. The van der Waals surface area contributed by atoms with Gasteiger partial charge in [0, 0.05) is 19.3 Å². The van der Waals surface area contributed by atoms with Gasteiger partial charge in [-0.3, -0.25) is 4.79 Å². The normalized spacial score (nSPS) is 10.5. The summed E-state index contributed by atoms with van der Waals surface area (Å²) in [7, 11) is 0. The number of aromatic nitrogens is 2. The average molecular weight is 319 g/mol. The molecule has 0 radical (unpaired) electrons. The number of hydrogen-bond acceptors (Lipinski definition) is 2. The Hall–Kier alpha value is -2.88. The van der Waals surface area contributed by atoms with Crippen molar-refractivity contribution >= 4 is 5.91 Å². The molecular formula is C20H21N3O. The van der Waals surface area contributed by atoms with Crippen LogP contribution in [-0.4, -0.2) is 33.7 Å². The number of nitrogens with zero attached hydrogens (tertiary/aromatic N) is 3. The molecule has 3 aromatic rings. The van der Waals surface area contributed by atoms with Crippen LogP contribution in [0.25, 0.3) is 5.69 Å². The maximum atomic E-state index is 12.7. The van der Waals surface area contributed by atoms with Crippen LogP contribution in [0, 0.1) is 0 Å². The van der Waals surface area contributed by atoms with Gasteiger partial charge in [-0.1, -0.05) is 48.5 Å². The number of amides is 1. The van der Waals surface area contributed by atoms with Crippen molar-refractivity contribution in [1.29, 1.82) is 0 Å². The van der Waals surface area contributed by atoms with Crippen LogP contribution in [0.4, 0.5) is 0 Å². The highest BCUT2D eigenvalue weighted by molar-refractivity contribution is 5.93. The fourth-order valence-corrected chi connectivity index (χ4v) is 2.65. The summed E-state index contributed by atoms with van der Waals surface area (Å²) in [5.74, 6) is 0.0237. The molecule has 24 heavy (non-hydrogen) atoms.